The second-order valence-electron chi connectivity index (χ2n) is 7.23. The summed E-state index contributed by atoms with van der Waals surface area (Å²) in [4.78, 5) is 36.1. The van der Waals surface area contributed by atoms with Gasteiger partial charge in [-0.05, 0) is 54.8 Å². The zero-order valence-corrected chi connectivity index (χ0v) is 18.0. The van der Waals surface area contributed by atoms with E-state index in [9.17, 15) is 14.4 Å². The number of carbonyl (C=O) groups excluding carboxylic acids is 3. The van der Waals surface area contributed by atoms with Crippen LogP contribution in [0.2, 0.25) is 0 Å². The molecule has 0 aliphatic heterocycles. The number of hydrazone groups is 1. The highest BCUT2D eigenvalue weighted by molar-refractivity contribution is 5.97. The van der Waals surface area contributed by atoms with E-state index in [1.165, 1.54) is 13.3 Å². The molecular weight excluding hydrogens is 398 g/mol. The van der Waals surface area contributed by atoms with Gasteiger partial charge >= 0.3 is 5.97 Å². The molecule has 0 heterocycles. The van der Waals surface area contributed by atoms with Crippen molar-refractivity contribution in [1.29, 1.82) is 0 Å². The maximum Gasteiger partial charge on any atom is 0.343 e. The van der Waals surface area contributed by atoms with Gasteiger partial charge in [0.15, 0.2) is 6.61 Å². The quantitative estimate of drug-likeness (QED) is 0.365. The SMILES string of the molecule is COC(=O)COc1ccc(/C=N/NC(=O)C(NC(=O)c2ccc(C)cc2)C(C)C)cc1. The Balaban J connectivity index is 1.92. The fourth-order valence-electron chi connectivity index (χ4n) is 2.56. The van der Waals surface area contributed by atoms with Gasteiger partial charge in [-0.1, -0.05) is 31.5 Å². The molecule has 0 fully saturated rings. The minimum Gasteiger partial charge on any atom is -0.482 e. The van der Waals surface area contributed by atoms with E-state index in [-0.39, 0.29) is 18.4 Å². The lowest BCUT2D eigenvalue weighted by Crippen LogP contribution is -2.48. The Bertz CT molecular complexity index is 921. The summed E-state index contributed by atoms with van der Waals surface area (Å²) in [5.41, 5.74) is 4.72. The molecule has 0 aromatic heterocycles. The Morgan fingerprint density at radius 3 is 2.26 bits per heavy atom. The van der Waals surface area contributed by atoms with Crippen molar-refractivity contribution in [2.24, 2.45) is 11.0 Å². The number of methoxy groups -OCH3 is 1. The first-order valence-corrected chi connectivity index (χ1v) is 9.80. The van der Waals surface area contributed by atoms with Gasteiger partial charge in [-0.25, -0.2) is 10.2 Å². The van der Waals surface area contributed by atoms with Crippen LogP contribution in [0.4, 0.5) is 0 Å². The predicted octanol–water partition coefficient (Wildman–Crippen LogP) is 2.45. The van der Waals surface area contributed by atoms with Gasteiger partial charge in [0, 0.05) is 5.56 Å². The maximum atomic E-state index is 12.5. The molecule has 0 radical (unpaired) electrons. The molecule has 0 aliphatic rings. The Morgan fingerprint density at radius 2 is 1.68 bits per heavy atom. The van der Waals surface area contributed by atoms with E-state index in [0.29, 0.717) is 11.3 Å². The number of benzene rings is 2. The Hall–Kier alpha value is -3.68. The number of esters is 1. The van der Waals surface area contributed by atoms with Gasteiger partial charge in [-0.15, -0.1) is 0 Å². The fraction of sp³-hybridized carbons (Fsp3) is 0.304. The molecule has 0 bridgehead atoms. The van der Waals surface area contributed by atoms with Crippen LogP contribution in [0.5, 0.6) is 5.75 Å². The zero-order valence-electron chi connectivity index (χ0n) is 18.0. The van der Waals surface area contributed by atoms with Crippen LogP contribution in [0.15, 0.2) is 53.6 Å². The van der Waals surface area contributed by atoms with E-state index < -0.39 is 17.9 Å². The monoisotopic (exact) mass is 425 g/mol. The molecule has 1 unspecified atom stereocenters. The molecule has 2 aromatic carbocycles. The third-order valence-electron chi connectivity index (χ3n) is 4.40. The molecule has 8 nitrogen and oxygen atoms in total. The maximum absolute atomic E-state index is 12.5. The second kappa shape index (κ2) is 11.5. The number of rotatable bonds is 9. The summed E-state index contributed by atoms with van der Waals surface area (Å²) in [7, 11) is 1.29. The van der Waals surface area contributed by atoms with Gasteiger partial charge in [-0.2, -0.15) is 5.10 Å². The van der Waals surface area contributed by atoms with Gasteiger partial charge in [0.05, 0.1) is 13.3 Å². The molecule has 2 N–H and O–H groups in total. The first-order valence-electron chi connectivity index (χ1n) is 9.80. The Kier molecular flexibility index (Phi) is 8.75. The van der Waals surface area contributed by atoms with Gasteiger partial charge in [-0.3, -0.25) is 9.59 Å². The molecule has 1 atom stereocenters. The number of aryl methyl sites for hydroxylation is 1. The third kappa shape index (κ3) is 7.58. The van der Waals surface area contributed by atoms with Crippen molar-refractivity contribution in [3.05, 3.63) is 65.2 Å². The van der Waals surface area contributed by atoms with Crippen molar-refractivity contribution >= 4 is 24.0 Å². The molecule has 31 heavy (non-hydrogen) atoms. The van der Waals surface area contributed by atoms with Crippen LogP contribution < -0.4 is 15.5 Å². The molecule has 0 saturated heterocycles. The number of nitrogens with one attached hydrogen (secondary N) is 2. The van der Waals surface area contributed by atoms with Crippen molar-refractivity contribution in [1.82, 2.24) is 10.7 Å². The van der Waals surface area contributed by atoms with Crippen LogP contribution >= 0.6 is 0 Å². The first kappa shape index (κ1) is 23.6. The van der Waals surface area contributed by atoms with Crippen LogP contribution in [0, 0.1) is 12.8 Å². The Labute approximate surface area is 181 Å². The van der Waals surface area contributed by atoms with Crippen molar-refractivity contribution in [3.63, 3.8) is 0 Å². The summed E-state index contributed by atoms with van der Waals surface area (Å²) in [5, 5.41) is 6.72. The lowest BCUT2D eigenvalue weighted by molar-refractivity contribution is -0.142. The summed E-state index contributed by atoms with van der Waals surface area (Å²) in [5.74, 6) is -0.825. The van der Waals surface area contributed by atoms with Crippen molar-refractivity contribution in [2.45, 2.75) is 26.8 Å². The van der Waals surface area contributed by atoms with Crippen LogP contribution in [0.3, 0.4) is 0 Å². The molecule has 2 amide bonds. The highest BCUT2D eigenvalue weighted by Gasteiger charge is 2.24. The number of amides is 2. The van der Waals surface area contributed by atoms with E-state index in [2.05, 4.69) is 20.6 Å². The van der Waals surface area contributed by atoms with Crippen LogP contribution in [0.1, 0.15) is 35.3 Å². The van der Waals surface area contributed by atoms with Crippen molar-refractivity contribution in [3.8, 4) is 5.75 Å². The van der Waals surface area contributed by atoms with E-state index >= 15 is 0 Å². The highest BCUT2D eigenvalue weighted by atomic mass is 16.6. The summed E-state index contributed by atoms with van der Waals surface area (Å²) in [6.45, 7) is 5.45. The molecule has 2 aromatic rings. The molecule has 0 saturated carbocycles. The summed E-state index contributed by atoms with van der Waals surface area (Å²) in [6.07, 6.45) is 1.47. The van der Waals surface area contributed by atoms with Crippen LogP contribution in [-0.2, 0) is 14.3 Å². The normalized spacial score (nSPS) is 11.8. The number of hydrogen-bond acceptors (Lipinski definition) is 6. The van der Waals surface area contributed by atoms with Gasteiger partial charge < -0.3 is 14.8 Å². The number of nitrogens with zero attached hydrogens (tertiary/aromatic N) is 1. The summed E-state index contributed by atoms with van der Waals surface area (Å²) < 4.78 is 9.77. The number of hydrogen-bond donors (Lipinski definition) is 2. The summed E-state index contributed by atoms with van der Waals surface area (Å²) in [6, 6.07) is 13.2. The average Bonchev–Trinajstić information content (AvgIpc) is 2.76. The third-order valence-corrected chi connectivity index (χ3v) is 4.40. The minimum absolute atomic E-state index is 0.129. The summed E-state index contributed by atoms with van der Waals surface area (Å²) >= 11 is 0. The lowest BCUT2D eigenvalue weighted by Gasteiger charge is -2.20. The first-order chi connectivity index (χ1) is 14.8. The van der Waals surface area contributed by atoms with E-state index in [0.717, 1.165) is 11.1 Å². The smallest absolute Gasteiger partial charge is 0.343 e. The van der Waals surface area contributed by atoms with Crippen molar-refractivity contribution < 1.29 is 23.9 Å². The molecule has 0 spiro atoms. The van der Waals surface area contributed by atoms with Gasteiger partial charge in [0.25, 0.3) is 11.8 Å². The van der Waals surface area contributed by atoms with E-state index in [1.807, 2.05) is 32.9 Å². The van der Waals surface area contributed by atoms with E-state index in [1.54, 1.807) is 36.4 Å². The lowest BCUT2D eigenvalue weighted by atomic mass is 10.0. The average molecular weight is 425 g/mol. The second-order valence-corrected chi connectivity index (χ2v) is 7.23. The highest BCUT2D eigenvalue weighted by Crippen LogP contribution is 2.11. The van der Waals surface area contributed by atoms with Crippen molar-refractivity contribution in [2.75, 3.05) is 13.7 Å². The zero-order chi connectivity index (χ0) is 22.8. The molecule has 164 valence electrons. The van der Waals surface area contributed by atoms with Gasteiger partial charge in [0.1, 0.15) is 11.8 Å². The molecule has 8 heteroatoms. The molecule has 2 rings (SSSR count). The minimum atomic E-state index is -0.736. The predicted molar refractivity (Wildman–Crippen MR) is 117 cm³/mol. The Morgan fingerprint density at radius 1 is 1.03 bits per heavy atom. The standard InChI is InChI=1S/C23H27N3O5/c1-15(2)21(25-22(28)18-9-5-16(3)6-10-18)23(29)26-24-13-17-7-11-19(12-8-17)31-14-20(27)30-4/h5-13,15,21H,14H2,1-4H3,(H,25,28)(H,26,29)/b24-13+. The number of carbonyl (C=O) groups is 3. The van der Waals surface area contributed by atoms with Gasteiger partial charge in [0.2, 0.25) is 0 Å². The molecule has 0 aliphatic carbocycles. The van der Waals surface area contributed by atoms with E-state index in [4.69, 9.17) is 4.74 Å². The van der Waals surface area contributed by atoms with Crippen LogP contribution in [-0.4, -0.2) is 43.8 Å². The molecular formula is C23H27N3O5. The fourth-order valence-corrected chi connectivity index (χ4v) is 2.56. The topological polar surface area (TPSA) is 106 Å². The van der Waals surface area contributed by atoms with Crippen LogP contribution in [0.25, 0.3) is 0 Å². The largest absolute Gasteiger partial charge is 0.482 e. The number of ether oxygens (including phenoxy) is 2.